The first-order valence-corrected chi connectivity index (χ1v) is 4.29. The first kappa shape index (κ1) is 10.0. The number of rotatable bonds is 1. The van der Waals surface area contributed by atoms with Crippen LogP contribution in [0.5, 0.6) is 0 Å². The molecule has 0 spiro atoms. The Hall–Kier alpha value is -1.04. The van der Waals surface area contributed by atoms with E-state index in [1.165, 1.54) is 7.11 Å². The van der Waals surface area contributed by atoms with Crippen LogP contribution in [-0.4, -0.2) is 13.1 Å². The molecule has 1 aliphatic carbocycles. The van der Waals surface area contributed by atoms with Gasteiger partial charge < -0.3 is 4.74 Å². The topological polar surface area (TPSA) is 50.1 Å². The van der Waals surface area contributed by atoms with Gasteiger partial charge >= 0.3 is 5.97 Å². The molecule has 0 amide bonds. The molecule has 0 atom stereocenters. The molecule has 0 aromatic rings. The van der Waals surface area contributed by atoms with Crippen molar-refractivity contribution in [2.24, 2.45) is 16.2 Å². The van der Waals surface area contributed by atoms with Crippen LogP contribution in [0.1, 0.15) is 27.7 Å². The molecular weight excluding hydrogens is 166 g/mol. The van der Waals surface area contributed by atoms with E-state index in [-0.39, 0.29) is 10.8 Å². The Morgan fingerprint density at radius 2 is 1.62 bits per heavy atom. The van der Waals surface area contributed by atoms with Gasteiger partial charge in [-0.25, -0.2) is 0 Å². The quantitative estimate of drug-likeness (QED) is 0.579. The van der Waals surface area contributed by atoms with Crippen molar-refractivity contribution in [2.45, 2.75) is 27.7 Å². The van der Waals surface area contributed by atoms with Gasteiger partial charge in [-0.2, -0.15) is 5.26 Å². The van der Waals surface area contributed by atoms with Crippen LogP contribution in [0.4, 0.5) is 0 Å². The molecule has 1 rings (SSSR count). The summed E-state index contributed by atoms with van der Waals surface area (Å²) in [6.45, 7) is 7.69. The van der Waals surface area contributed by atoms with E-state index in [1.54, 1.807) is 0 Å². The summed E-state index contributed by atoms with van der Waals surface area (Å²) >= 11 is 0. The maximum atomic E-state index is 11.5. The lowest BCUT2D eigenvalue weighted by atomic mass is 9.97. The van der Waals surface area contributed by atoms with Gasteiger partial charge in [0.1, 0.15) is 0 Å². The minimum atomic E-state index is -0.964. The molecule has 1 aliphatic rings. The minimum Gasteiger partial charge on any atom is -0.468 e. The van der Waals surface area contributed by atoms with E-state index in [0.717, 1.165) is 0 Å². The third kappa shape index (κ3) is 0.720. The van der Waals surface area contributed by atoms with Gasteiger partial charge in [0.05, 0.1) is 13.2 Å². The van der Waals surface area contributed by atoms with E-state index in [2.05, 4.69) is 10.8 Å². The Bertz CT molecular complexity index is 283. The number of nitrogens with zero attached hydrogens (tertiary/aromatic N) is 1. The van der Waals surface area contributed by atoms with Crippen LogP contribution in [-0.2, 0) is 9.53 Å². The number of ether oxygens (including phenoxy) is 1. The average molecular weight is 181 g/mol. The van der Waals surface area contributed by atoms with Crippen LogP contribution in [0.15, 0.2) is 0 Å². The summed E-state index contributed by atoms with van der Waals surface area (Å²) in [6.07, 6.45) is 0. The molecule has 72 valence electrons. The molecule has 0 aromatic heterocycles. The first-order valence-electron chi connectivity index (χ1n) is 4.29. The van der Waals surface area contributed by atoms with Gasteiger partial charge in [0.25, 0.3) is 0 Å². The number of carbonyl (C=O) groups excluding carboxylic acids is 1. The first-order chi connectivity index (χ1) is 5.79. The second-order valence-electron chi connectivity index (χ2n) is 4.60. The summed E-state index contributed by atoms with van der Waals surface area (Å²) in [4.78, 5) is 11.5. The molecule has 0 bridgehead atoms. The number of esters is 1. The van der Waals surface area contributed by atoms with Gasteiger partial charge in [0.15, 0.2) is 5.41 Å². The fourth-order valence-corrected chi connectivity index (χ4v) is 2.30. The van der Waals surface area contributed by atoms with E-state index >= 15 is 0 Å². The van der Waals surface area contributed by atoms with Crippen LogP contribution >= 0.6 is 0 Å². The summed E-state index contributed by atoms with van der Waals surface area (Å²) < 4.78 is 4.68. The molecule has 13 heavy (non-hydrogen) atoms. The van der Waals surface area contributed by atoms with Crippen molar-refractivity contribution >= 4 is 5.97 Å². The smallest absolute Gasteiger partial charge is 0.327 e. The van der Waals surface area contributed by atoms with Crippen molar-refractivity contribution in [1.82, 2.24) is 0 Å². The lowest BCUT2D eigenvalue weighted by molar-refractivity contribution is -0.146. The maximum absolute atomic E-state index is 11.5. The maximum Gasteiger partial charge on any atom is 0.327 e. The predicted octanol–water partition coefficient (Wildman–Crippen LogP) is 1.74. The Kier molecular flexibility index (Phi) is 1.74. The fraction of sp³-hybridized carbons (Fsp3) is 0.800. The summed E-state index contributed by atoms with van der Waals surface area (Å²) in [5.74, 6) is -0.412. The van der Waals surface area contributed by atoms with Gasteiger partial charge in [-0.15, -0.1) is 0 Å². The van der Waals surface area contributed by atoms with Crippen molar-refractivity contribution in [1.29, 1.82) is 5.26 Å². The monoisotopic (exact) mass is 181 g/mol. The normalized spacial score (nSPS) is 25.8. The average Bonchev–Trinajstić information content (AvgIpc) is 2.39. The van der Waals surface area contributed by atoms with E-state index in [0.29, 0.717) is 0 Å². The Balaban J connectivity index is 3.18. The summed E-state index contributed by atoms with van der Waals surface area (Å²) in [5, 5.41) is 9.08. The highest BCUT2D eigenvalue weighted by Gasteiger charge is 2.83. The third-order valence-electron chi connectivity index (χ3n) is 4.03. The molecular formula is C10H15NO2. The van der Waals surface area contributed by atoms with Crippen LogP contribution in [0.2, 0.25) is 0 Å². The van der Waals surface area contributed by atoms with Crippen molar-refractivity contribution < 1.29 is 9.53 Å². The zero-order valence-electron chi connectivity index (χ0n) is 8.76. The van der Waals surface area contributed by atoms with Crippen molar-refractivity contribution in [3.8, 4) is 6.07 Å². The van der Waals surface area contributed by atoms with Crippen LogP contribution in [0, 0.1) is 27.6 Å². The van der Waals surface area contributed by atoms with Gasteiger partial charge in [-0.1, -0.05) is 27.7 Å². The molecule has 0 unspecified atom stereocenters. The lowest BCUT2D eigenvalue weighted by Crippen LogP contribution is -2.22. The Morgan fingerprint density at radius 3 is 1.69 bits per heavy atom. The Labute approximate surface area is 78.7 Å². The molecule has 3 heteroatoms. The molecule has 0 aliphatic heterocycles. The van der Waals surface area contributed by atoms with E-state index in [4.69, 9.17) is 5.26 Å². The fourth-order valence-electron chi connectivity index (χ4n) is 2.30. The van der Waals surface area contributed by atoms with Gasteiger partial charge in [0, 0.05) is 10.8 Å². The molecule has 0 heterocycles. The summed E-state index contributed by atoms with van der Waals surface area (Å²) in [6, 6.07) is 2.11. The number of carbonyl (C=O) groups is 1. The largest absolute Gasteiger partial charge is 0.468 e. The van der Waals surface area contributed by atoms with Crippen LogP contribution < -0.4 is 0 Å². The number of methoxy groups -OCH3 is 1. The zero-order valence-corrected chi connectivity index (χ0v) is 8.76. The number of hydrogen-bond donors (Lipinski definition) is 0. The Morgan fingerprint density at radius 1 is 1.23 bits per heavy atom. The molecule has 1 fully saturated rings. The lowest BCUT2D eigenvalue weighted by Gasteiger charge is -2.08. The summed E-state index contributed by atoms with van der Waals surface area (Å²) in [7, 11) is 1.33. The molecule has 0 N–H and O–H groups in total. The van der Waals surface area contributed by atoms with Gasteiger partial charge in [-0.3, -0.25) is 4.79 Å². The second-order valence-corrected chi connectivity index (χ2v) is 4.60. The predicted molar refractivity (Wildman–Crippen MR) is 47.6 cm³/mol. The van der Waals surface area contributed by atoms with Gasteiger partial charge in [0.2, 0.25) is 0 Å². The SMILES string of the molecule is COC(=O)C1(C#N)C(C)(C)C1(C)C. The third-order valence-corrected chi connectivity index (χ3v) is 4.03. The zero-order chi connectivity index (χ0) is 10.5. The minimum absolute atomic E-state index is 0.304. The number of hydrogen-bond acceptors (Lipinski definition) is 3. The van der Waals surface area contributed by atoms with E-state index in [9.17, 15) is 4.79 Å². The van der Waals surface area contributed by atoms with Crippen LogP contribution in [0.3, 0.4) is 0 Å². The van der Waals surface area contributed by atoms with Crippen LogP contribution in [0.25, 0.3) is 0 Å². The van der Waals surface area contributed by atoms with Gasteiger partial charge in [-0.05, 0) is 0 Å². The highest BCUT2D eigenvalue weighted by molar-refractivity contribution is 5.87. The van der Waals surface area contributed by atoms with E-state index in [1.807, 2.05) is 27.7 Å². The van der Waals surface area contributed by atoms with Crippen molar-refractivity contribution in [2.75, 3.05) is 7.11 Å². The molecule has 0 saturated heterocycles. The highest BCUT2D eigenvalue weighted by Crippen LogP contribution is 2.77. The standard InChI is InChI=1S/C10H15NO2/c1-8(2)9(3,4)10(8,6-11)7(12)13-5/h1-5H3. The molecule has 1 saturated carbocycles. The second kappa shape index (κ2) is 2.25. The number of nitriles is 1. The van der Waals surface area contributed by atoms with Crippen molar-refractivity contribution in [3.63, 3.8) is 0 Å². The van der Waals surface area contributed by atoms with E-state index < -0.39 is 11.4 Å². The van der Waals surface area contributed by atoms with Crippen molar-refractivity contribution in [3.05, 3.63) is 0 Å². The molecule has 0 aromatic carbocycles. The molecule has 3 nitrogen and oxygen atoms in total. The molecule has 0 radical (unpaired) electrons. The highest BCUT2D eigenvalue weighted by atomic mass is 16.5. The summed E-state index contributed by atoms with van der Waals surface area (Å²) in [5.41, 5.74) is -1.57.